The minimum Gasteiger partial charge on any atom is -0.467 e. The zero-order valence-corrected chi connectivity index (χ0v) is 18.5. The molecule has 0 fully saturated rings. The Kier molecular flexibility index (Phi) is 5.92. The third-order valence-corrected chi connectivity index (χ3v) is 6.24. The van der Waals surface area contributed by atoms with Gasteiger partial charge in [0.1, 0.15) is 11.8 Å². The van der Waals surface area contributed by atoms with Crippen molar-refractivity contribution in [3.05, 3.63) is 76.0 Å². The Labute approximate surface area is 184 Å². The molecule has 2 aromatic heterocycles. The predicted octanol–water partition coefficient (Wildman–Crippen LogP) is 5.12. The number of carbonyl (C=O) groups is 1. The molecule has 4 rings (SSSR count). The number of rotatable bonds is 5. The largest absolute Gasteiger partial charge is 0.467 e. The van der Waals surface area contributed by atoms with Crippen LogP contribution in [-0.2, 0) is 4.79 Å². The lowest BCUT2D eigenvalue weighted by Gasteiger charge is -2.19. The second kappa shape index (κ2) is 8.62. The normalized spacial score (nSPS) is 16.1. The highest BCUT2D eigenvalue weighted by Gasteiger charge is 2.34. The SMILES string of the molecule is Cc1nc(SCC(=O)N2N=C(c3ccc(Cl)cc3)CC2c2ccco2)nc(C)c1C. The highest BCUT2D eigenvalue weighted by molar-refractivity contribution is 7.99. The molecule has 3 aromatic rings. The molecule has 0 bridgehead atoms. The first-order valence-corrected chi connectivity index (χ1v) is 10.9. The molecule has 0 N–H and O–H groups in total. The number of aryl methyl sites for hydroxylation is 2. The Morgan fingerprint density at radius 2 is 1.87 bits per heavy atom. The molecule has 1 atom stereocenters. The van der Waals surface area contributed by atoms with Gasteiger partial charge in [-0.15, -0.1) is 0 Å². The van der Waals surface area contributed by atoms with E-state index in [4.69, 9.17) is 16.0 Å². The van der Waals surface area contributed by atoms with Crippen molar-refractivity contribution in [2.24, 2.45) is 5.10 Å². The van der Waals surface area contributed by atoms with Crippen LogP contribution >= 0.6 is 23.4 Å². The summed E-state index contributed by atoms with van der Waals surface area (Å²) < 4.78 is 5.59. The van der Waals surface area contributed by atoms with Crippen molar-refractivity contribution in [1.29, 1.82) is 0 Å². The van der Waals surface area contributed by atoms with Crippen LogP contribution in [0.4, 0.5) is 0 Å². The topological polar surface area (TPSA) is 71.6 Å². The van der Waals surface area contributed by atoms with Gasteiger partial charge >= 0.3 is 0 Å². The van der Waals surface area contributed by atoms with Crippen LogP contribution in [0.5, 0.6) is 0 Å². The molecule has 1 aliphatic heterocycles. The Bertz CT molecular complexity index is 1070. The first kappa shape index (κ1) is 20.6. The lowest BCUT2D eigenvalue weighted by atomic mass is 10.0. The number of thioether (sulfide) groups is 1. The molecular formula is C22H21ClN4O2S. The number of benzene rings is 1. The number of hydrogen-bond acceptors (Lipinski definition) is 6. The Hall–Kier alpha value is -2.64. The van der Waals surface area contributed by atoms with Crippen molar-refractivity contribution < 1.29 is 9.21 Å². The average Bonchev–Trinajstić information content (AvgIpc) is 3.40. The van der Waals surface area contributed by atoms with E-state index in [0.29, 0.717) is 22.4 Å². The van der Waals surface area contributed by atoms with Crippen molar-refractivity contribution in [1.82, 2.24) is 15.0 Å². The number of nitrogens with zero attached hydrogens (tertiary/aromatic N) is 4. The van der Waals surface area contributed by atoms with Gasteiger partial charge in [-0.1, -0.05) is 35.5 Å². The number of aromatic nitrogens is 2. The second-order valence-corrected chi connectivity index (χ2v) is 8.50. The maximum absolute atomic E-state index is 13.1. The summed E-state index contributed by atoms with van der Waals surface area (Å²) in [5.41, 5.74) is 4.68. The fraction of sp³-hybridized carbons (Fsp3) is 0.273. The van der Waals surface area contributed by atoms with Crippen LogP contribution in [0.25, 0.3) is 0 Å². The molecule has 1 aromatic carbocycles. The summed E-state index contributed by atoms with van der Waals surface area (Å²) in [4.78, 5) is 22.0. The molecule has 1 unspecified atom stereocenters. The van der Waals surface area contributed by atoms with Crippen LogP contribution in [0.15, 0.2) is 57.3 Å². The number of hydrogen-bond donors (Lipinski definition) is 0. The fourth-order valence-corrected chi connectivity index (χ4v) is 4.17. The van der Waals surface area contributed by atoms with Gasteiger partial charge in [0, 0.05) is 22.8 Å². The van der Waals surface area contributed by atoms with Gasteiger partial charge < -0.3 is 4.42 Å². The Morgan fingerprint density at radius 3 is 2.50 bits per heavy atom. The van der Waals surface area contributed by atoms with Crippen LogP contribution in [-0.4, -0.2) is 32.3 Å². The Balaban J connectivity index is 1.55. The van der Waals surface area contributed by atoms with Gasteiger partial charge in [-0.2, -0.15) is 5.10 Å². The fourth-order valence-electron chi connectivity index (χ4n) is 3.26. The van der Waals surface area contributed by atoms with Gasteiger partial charge in [0.15, 0.2) is 5.16 Å². The van der Waals surface area contributed by atoms with E-state index in [1.165, 1.54) is 16.8 Å². The summed E-state index contributed by atoms with van der Waals surface area (Å²) in [5, 5.41) is 7.40. The van der Waals surface area contributed by atoms with E-state index < -0.39 is 0 Å². The summed E-state index contributed by atoms with van der Waals surface area (Å²) in [6.07, 6.45) is 2.18. The molecule has 0 radical (unpaired) electrons. The second-order valence-electron chi connectivity index (χ2n) is 7.12. The standard InChI is InChI=1S/C22H21ClN4O2S/c1-13-14(2)24-22(25-15(13)3)30-12-21(28)27-19(20-5-4-10-29-20)11-18(26-27)16-6-8-17(23)9-7-16/h4-10,19H,11-12H2,1-3H3. The smallest absolute Gasteiger partial charge is 0.253 e. The van der Waals surface area contributed by atoms with Crippen LogP contribution in [0, 0.1) is 20.8 Å². The van der Waals surface area contributed by atoms with E-state index in [2.05, 4.69) is 15.1 Å². The van der Waals surface area contributed by atoms with Gasteiger partial charge in [0.05, 0.1) is 17.7 Å². The number of amides is 1. The van der Waals surface area contributed by atoms with Crippen molar-refractivity contribution in [3.8, 4) is 0 Å². The molecule has 0 aliphatic carbocycles. The monoisotopic (exact) mass is 440 g/mol. The lowest BCUT2D eigenvalue weighted by molar-refractivity contribution is -0.130. The minimum atomic E-state index is -0.277. The van der Waals surface area contributed by atoms with E-state index >= 15 is 0 Å². The molecule has 0 saturated heterocycles. The van der Waals surface area contributed by atoms with E-state index in [-0.39, 0.29) is 17.7 Å². The van der Waals surface area contributed by atoms with E-state index in [1.54, 1.807) is 6.26 Å². The lowest BCUT2D eigenvalue weighted by Crippen LogP contribution is -2.28. The number of carbonyl (C=O) groups excluding carboxylic acids is 1. The summed E-state index contributed by atoms with van der Waals surface area (Å²) in [6, 6.07) is 10.9. The molecule has 154 valence electrons. The molecule has 8 heteroatoms. The number of furan rings is 1. The zero-order chi connectivity index (χ0) is 21.3. The van der Waals surface area contributed by atoms with Crippen molar-refractivity contribution >= 4 is 35.0 Å². The Morgan fingerprint density at radius 1 is 1.17 bits per heavy atom. The van der Waals surface area contributed by atoms with Crippen molar-refractivity contribution in [3.63, 3.8) is 0 Å². The quantitative estimate of drug-likeness (QED) is 0.406. The molecule has 1 aliphatic rings. The third kappa shape index (κ3) is 4.27. The molecule has 0 saturated carbocycles. The van der Waals surface area contributed by atoms with Gasteiger partial charge in [0.25, 0.3) is 5.91 Å². The van der Waals surface area contributed by atoms with E-state index in [9.17, 15) is 4.79 Å². The summed E-state index contributed by atoms with van der Waals surface area (Å²) in [6.45, 7) is 5.90. The highest BCUT2D eigenvalue weighted by Crippen LogP contribution is 2.34. The van der Waals surface area contributed by atoms with Gasteiger partial charge in [-0.3, -0.25) is 4.79 Å². The molecule has 0 spiro atoms. The molecule has 30 heavy (non-hydrogen) atoms. The number of hydrazone groups is 1. The van der Waals surface area contributed by atoms with E-state index in [0.717, 1.165) is 28.2 Å². The van der Waals surface area contributed by atoms with Gasteiger partial charge in [-0.25, -0.2) is 15.0 Å². The molecule has 1 amide bonds. The van der Waals surface area contributed by atoms with Crippen LogP contribution in [0.3, 0.4) is 0 Å². The van der Waals surface area contributed by atoms with Crippen LogP contribution in [0.1, 0.15) is 40.7 Å². The average molecular weight is 441 g/mol. The van der Waals surface area contributed by atoms with Crippen LogP contribution < -0.4 is 0 Å². The maximum atomic E-state index is 13.1. The minimum absolute atomic E-state index is 0.121. The first-order valence-electron chi connectivity index (χ1n) is 9.56. The van der Waals surface area contributed by atoms with E-state index in [1.807, 2.05) is 57.2 Å². The predicted molar refractivity (Wildman–Crippen MR) is 118 cm³/mol. The van der Waals surface area contributed by atoms with Crippen LogP contribution in [0.2, 0.25) is 5.02 Å². The maximum Gasteiger partial charge on any atom is 0.253 e. The van der Waals surface area contributed by atoms with Crippen molar-refractivity contribution in [2.45, 2.75) is 38.4 Å². The molecule has 6 nitrogen and oxygen atoms in total. The summed E-state index contributed by atoms with van der Waals surface area (Å²) in [7, 11) is 0. The third-order valence-electron chi connectivity index (χ3n) is 5.15. The van der Waals surface area contributed by atoms with Gasteiger partial charge in [0.2, 0.25) is 0 Å². The molecule has 3 heterocycles. The summed E-state index contributed by atoms with van der Waals surface area (Å²) >= 11 is 7.32. The first-order chi connectivity index (χ1) is 14.4. The van der Waals surface area contributed by atoms with Crippen molar-refractivity contribution in [2.75, 3.05) is 5.75 Å². The van der Waals surface area contributed by atoms with Gasteiger partial charge in [-0.05, 0) is 56.2 Å². The highest BCUT2D eigenvalue weighted by atomic mass is 35.5. The zero-order valence-electron chi connectivity index (χ0n) is 16.9. The molecular weight excluding hydrogens is 420 g/mol. The summed E-state index contributed by atoms with van der Waals surface area (Å²) in [5.74, 6) is 0.778. The number of halogens is 1.